The van der Waals surface area contributed by atoms with Crippen molar-refractivity contribution in [2.24, 2.45) is 5.92 Å². The van der Waals surface area contributed by atoms with Crippen LogP contribution in [0.25, 0.3) is 0 Å². The third-order valence-corrected chi connectivity index (χ3v) is 5.58. The van der Waals surface area contributed by atoms with E-state index in [4.69, 9.17) is 27.9 Å². The zero-order valence-corrected chi connectivity index (χ0v) is 16.8. The Kier molecular flexibility index (Phi) is 5.27. The molecule has 1 aromatic carbocycles. The second-order valence-corrected chi connectivity index (χ2v) is 7.98. The number of rotatable bonds is 4. The molecule has 2 saturated heterocycles. The van der Waals surface area contributed by atoms with Crippen LogP contribution >= 0.6 is 23.2 Å². The standard InChI is InChI=1S/C20H19Cl2N3O3/c1-12-6-16(22)7-23-19(12)25-9-17(26)24(8-13-2-4-15(21)5-3-13)18(20(25)27)14-10-28-11-14/h2-7,14,18H,8-11H2,1H3. The molecule has 0 aliphatic carbocycles. The predicted molar refractivity (Wildman–Crippen MR) is 106 cm³/mol. The van der Waals surface area contributed by atoms with Gasteiger partial charge in [0.2, 0.25) is 5.91 Å². The maximum atomic E-state index is 13.4. The first-order valence-corrected chi connectivity index (χ1v) is 9.75. The van der Waals surface area contributed by atoms with Gasteiger partial charge in [0.15, 0.2) is 0 Å². The van der Waals surface area contributed by atoms with Crippen molar-refractivity contribution in [1.29, 1.82) is 0 Å². The van der Waals surface area contributed by atoms with E-state index in [1.165, 1.54) is 11.1 Å². The van der Waals surface area contributed by atoms with Crippen LogP contribution in [0.3, 0.4) is 0 Å². The van der Waals surface area contributed by atoms with Crippen LogP contribution in [0.5, 0.6) is 0 Å². The number of amides is 2. The maximum Gasteiger partial charge on any atom is 0.251 e. The number of aryl methyl sites for hydroxylation is 1. The lowest BCUT2D eigenvalue weighted by Crippen LogP contribution is -2.65. The lowest BCUT2D eigenvalue weighted by atomic mass is 9.92. The Hall–Kier alpha value is -2.15. The minimum absolute atomic E-state index is 0.0286. The fourth-order valence-corrected chi connectivity index (χ4v) is 3.95. The number of nitrogens with zero attached hydrogens (tertiary/aromatic N) is 3. The number of halogens is 2. The molecule has 4 rings (SSSR count). The fourth-order valence-electron chi connectivity index (χ4n) is 3.61. The average molecular weight is 420 g/mol. The number of carbonyl (C=O) groups excluding carboxylic acids is 2. The molecule has 146 valence electrons. The van der Waals surface area contributed by atoms with Crippen molar-refractivity contribution in [3.63, 3.8) is 0 Å². The van der Waals surface area contributed by atoms with Gasteiger partial charge in [0.05, 0.1) is 18.2 Å². The van der Waals surface area contributed by atoms with Crippen LogP contribution in [0, 0.1) is 12.8 Å². The number of benzene rings is 1. The summed E-state index contributed by atoms with van der Waals surface area (Å²) in [6.45, 7) is 3.05. The molecule has 1 atom stereocenters. The molecule has 6 nitrogen and oxygen atoms in total. The molecule has 0 spiro atoms. The van der Waals surface area contributed by atoms with E-state index in [-0.39, 0.29) is 24.3 Å². The molecule has 3 heterocycles. The van der Waals surface area contributed by atoms with Crippen LogP contribution in [-0.2, 0) is 20.9 Å². The van der Waals surface area contributed by atoms with Crippen molar-refractivity contribution in [3.8, 4) is 0 Å². The first-order valence-electron chi connectivity index (χ1n) is 8.99. The normalized spacial score (nSPS) is 20.5. The fraction of sp³-hybridized carbons (Fsp3) is 0.350. The van der Waals surface area contributed by atoms with Crippen molar-refractivity contribution >= 4 is 40.8 Å². The summed E-state index contributed by atoms with van der Waals surface area (Å²) in [6.07, 6.45) is 1.49. The van der Waals surface area contributed by atoms with Gasteiger partial charge in [-0.25, -0.2) is 4.98 Å². The van der Waals surface area contributed by atoms with E-state index in [2.05, 4.69) is 4.98 Å². The highest BCUT2D eigenvalue weighted by molar-refractivity contribution is 6.30. The van der Waals surface area contributed by atoms with Crippen molar-refractivity contribution in [1.82, 2.24) is 9.88 Å². The van der Waals surface area contributed by atoms with Crippen LogP contribution in [0.2, 0.25) is 10.0 Å². The van der Waals surface area contributed by atoms with Gasteiger partial charge in [-0.2, -0.15) is 0 Å². The Morgan fingerprint density at radius 2 is 1.86 bits per heavy atom. The molecule has 1 unspecified atom stereocenters. The van der Waals surface area contributed by atoms with Crippen LogP contribution in [-0.4, -0.2) is 47.5 Å². The van der Waals surface area contributed by atoms with Crippen LogP contribution < -0.4 is 4.90 Å². The second-order valence-electron chi connectivity index (χ2n) is 7.11. The summed E-state index contributed by atoms with van der Waals surface area (Å²) < 4.78 is 5.31. The van der Waals surface area contributed by atoms with E-state index in [9.17, 15) is 9.59 Å². The van der Waals surface area contributed by atoms with Crippen molar-refractivity contribution < 1.29 is 14.3 Å². The first-order chi connectivity index (χ1) is 13.4. The van der Waals surface area contributed by atoms with Crippen molar-refractivity contribution in [2.75, 3.05) is 24.7 Å². The van der Waals surface area contributed by atoms with Gasteiger partial charge in [0.1, 0.15) is 18.4 Å². The summed E-state index contributed by atoms with van der Waals surface area (Å²) >= 11 is 11.9. The predicted octanol–water partition coefficient (Wildman–Crippen LogP) is 3.09. The SMILES string of the molecule is Cc1cc(Cl)cnc1N1CC(=O)N(Cc2ccc(Cl)cc2)C(C2COC2)C1=O. The van der Waals surface area contributed by atoms with E-state index in [0.717, 1.165) is 11.1 Å². The van der Waals surface area contributed by atoms with Gasteiger partial charge in [0.25, 0.3) is 5.91 Å². The summed E-state index contributed by atoms with van der Waals surface area (Å²) in [7, 11) is 0. The van der Waals surface area contributed by atoms with E-state index >= 15 is 0 Å². The summed E-state index contributed by atoms with van der Waals surface area (Å²) in [4.78, 5) is 33.8. The van der Waals surface area contributed by atoms with E-state index in [0.29, 0.717) is 35.6 Å². The van der Waals surface area contributed by atoms with Crippen LogP contribution in [0.15, 0.2) is 36.5 Å². The lowest BCUT2D eigenvalue weighted by molar-refractivity contribution is -0.155. The average Bonchev–Trinajstić information content (AvgIpc) is 2.61. The van der Waals surface area contributed by atoms with Gasteiger partial charge in [-0.15, -0.1) is 0 Å². The molecular weight excluding hydrogens is 401 g/mol. The Bertz CT molecular complexity index is 915. The van der Waals surface area contributed by atoms with Crippen LogP contribution in [0.1, 0.15) is 11.1 Å². The third kappa shape index (κ3) is 3.60. The molecule has 0 radical (unpaired) electrons. The molecule has 2 fully saturated rings. The lowest BCUT2D eigenvalue weighted by Gasteiger charge is -2.45. The molecule has 8 heteroatoms. The molecule has 1 aromatic heterocycles. The number of piperazine rings is 1. The van der Waals surface area contributed by atoms with E-state index in [1.807, 2.05) is 19.1 Å². The largest absolute Gasteiger partial charge is 0.380 e. The van der Waals surface area contributed by atoms with Crippen LogP contribution in [0.4, 0.5) is 5.82 Å². The Balaban J connectivity index is 1.65. The number of pyridine rings is 1. The highest BCUT2D eigenvalue weighted by atomic mass is 35.5. The molecule has 28 heavy (non-hydrogen) atoms. The minimum atomic E-state index is -0.581. The maximum absolute atomic E-state index is 13.4. The van der Waals surface area contributed by atoms with Gasteiger partial charge in [-0.05, 0) is 36.2 Å². The van der Waals surface area contributed by atoms with E-state index < -0.39 is 6.04 Å². The number of aromatic nitrogens is 1. The summed E-state index contributed by atoms with van der Waals surface area (Å²) in [5.74, 6) is 0.181. The number of anilines is 1. The number of ether oxygens (including phenoxy) is 1. The van der Waals surface area contributed by atoms with Gasteiger partial charge in [-0.3, -0.25) is 14.5 Å². The minimum Gasteiger partial charge on any atom is -0.380 e. The van der Waals surface area contributed by atoms with Gasteiger partial charge >= 0.3 is 0 Å². The van der Waals surface area contributed by atoms with Gasteiger partial charge < -0.3 is 9.64 Å². The molecule has 0 bridgehead atoms. The van der Waals surface area contributed by atoms with E-state index in [1.54, 1.807) is 23.1 Å². The Labute approximate surface area is 173 Å². The number of hydrogen-bond donors (Lipinski definition) is 0. The Morgan fingerprint density at radius 1 is 1.14 bits per heavy atom. The molecule has 2 amide bonds. The zero-order chi connectivity index (χ0) is 19.8. The van der Waals surface area contributed by atoms with Gasteiger partial charge in [0, 0.05) is 23.7 Å². The summed E-state index contributed by atoms with van der Waals surface area (Å²) in [5.41, 5.74) is 1.67. The summed E-state index contributed by atoms with van der Waals surface area (Å²) in [6, 6.07) is 8.45. The highest BCUT2D eigenvalue weighted by Gasteiger charge is 2.47. The molecule has 2 aliphatic rings. The number of carbonyl (C=O) groups is 2. The molecule has 0 N–H and O–H groups in total. The summed E-state index contributed by atoms with van der Waals surface area (Å²) in [5, 5.41) is 1.12. The monoisotopic (exact) mass is 419 g/mol. The molecule has 2 aliphatic heterocycles. The molecule has 2 aromatic rings. The first kappa shape index (κ1) is 19.2. The Morgan fingerprint density at radius 3 is 2.46 bits per heavy atom. The third-order valence-electron chi connectivity index (χ3n) is 5.12. The second kappa shape index (κ2) is 7.70. The quantitative estimate of drug-likeness (QED) is 0.763. The zero-order valence-electron chi connectivity index (χ0n) is 15.3. The number of hydrogen-bond acceptors (Lipinski definition) is 4. The molecule has 0 saturated carbocycles. The van der Waals surface area contributed by atoms with Crippen molar-refractivity contribution in [3.05, 3.63) is 57.7 Å². The van der Waals surface area contributed by atoms with Gasteiger partial charge in [-0.1, -0.05) is 35.3 Å². The smallest absolute Gasteiger partial charge is 0.251 e. The topological polar surface area (TPSA) is 62.7 Å². The molecular formula is C20H19Cl2N3O3. The van der Waals surface area contributed by atoms with Crippen molar-refractivity contribution in [2.45, 2.75) is 19.5 Å². The highest BCUT2D eigenvalue weighted by Crippen LogP contribution is 2.30.